The minimum Gasteiger partial charge on any atom is -0.392 e. The number of aromatic nitrogens is 2. The molecule has 0 radical (unpaired) electrons. The number of fused-ring (bicyclic) bond motifs is 2. The van der Waals surface area contributed by atoms with Crippen LogP contribution in [0.2, 0.25) is 0 Å². The molecule has 3 unspecified atom stereocenters. The molecule has 2 aromatic rings. The maximum absolute atomic E-state index is 13.4. The van der Waals surface area contributed by atoms with Crippen LogP contribution in [0, 0.1) is 17.2 Å². The SMILES string of the molecule is C=C/C=C(\C=C)CC(O)C1CC=C(C)C2=Cc3c(cnn3-c3ccc(F)cc3)CC21C. The van der Waals surface area contributed by atoms with E-state index >= 15 is 0 Å². The first kappa shape index (κ1) is 21.3. The molecule has 1 N–H and O–H groups in total. The zero-order valence-electron chi connectivity index (χ0n) is 18.2. The molecule has 31 heavy (non-hydrogen) atoms. The van der Waals surface area contributed by atoms with E-state index in [1.165, 1.54) is 23.3 Å². The van der Waals surface area contributed by atoms with Gasteiger partial charge in [-0.2, -0.15) is 5.10 Å². The smallest absolute Gasteiger partial charge is 0.123 e. The number of aliphatic hydroxyl groups excluding tert-OH is 1. The van der Waals surface area contributed by atoms with Gasteiger partial charge in [0, 0.05) is 5.41 Å². The lowest BCUT2D eigenvalue weighted by Crippen LogP contribution is -2.43. The highest BCUT2D eigenvalue weighted by Gasteiger charge is 2.46. The quantitative estimate of drug-likeness (QED) is 0.589. The van der Waals surface area contributed by atoms with Gasteiger partial charge in [0.05, 0.1) is 23.7 Å². The van der Waals surface area contributed by atoms with Gasteiger partial charge in [-0.25, -0.2) is 9.07 Å². The lowest BCUT2D eigenvalue weighted by molar-refractivity contribution is 0.0421. The molecular weight excluding hydrogens is 387 g/mol. The Balaban J connectivity index is 1.72. The van der Waals surface area contributed by atoms with E-state index in [-0.39, 0.29) is 17.2 Å². The second-order valence-electron chi connectivity index (χ2n) is 8.78. The van der Waals surface area contributed by atoms with Crippen LogP contribution in [0.25, 0.3) is 11.8 Å². The summed E-state index contributed by atoms with van der Waals surface area (Å²) in [5.41, 5.74) is 6.29. The largest absolute Gasteiger partial charge is 0.392 e. The highest BCUT2D eigenvalue weighted by atomic mass is 19.1. The van der Waals surface area contributed by atoms with E-state index in [9.17, 15) is 9.50 Å². The molecule has 0 saturated heterocycles. The fourth-order valence-electron chi connectivity index (χ4n) is 5.17. The van der Waals surface area contributed by atoms with Crippen LogP contribution >= 0.6 is 0 Å². The Morgan fingerprint density at radius 2 is 2.10 bits per heavy atom. The van der Waals surface area contributed by atoms with E-state index in [4.69, 9.17) is 0 Å². The van der Waals surface area contributed by atoms with Gasteiger partial charge in [-0.15, -0.1) is 0 Å². The minimum atomic E-state index is -0.490. The van der Waals surface area contributed by atoms with Crippen molar-refractivity contribution in [3.8, 4) is 5.69 Å². The van der Waals surface area contributed by atoms with Gasteiger partial charge in [-0.05, 0) is 79.2 Å². The van der Waals surface area contributed by atoms with Crippen molar-refractivity contribution in [2.45, 2.75) is 39.2 Å². The summed E-state index contributed by atoms with van der Waals surface area (Å²) < 4.78 is 15.3. The van der Waals surface area contributed by atoms with Gasteiger partial charge < -0.3 is 5.11 Å². The second-order valence-corrected chi connectivity index (χ2v) is 8.78. The standard InChI is InChI=1S/C27H29FN2O/c1-5-7-19(6-2)14-26(31)23-13-8-18(3)24-15-25-20(16-27(23,24)4)17-29-30(25)22-11-9-21(28)10-12-22/h5-12,15,17,23,26,31H,1-2,13-14,16H2,3-4H3/b19-7+. The highest BCUT2D eigenvalue weighted by Crippen LogP contribution is 2.52. The molecular formula is C27H29FN2O. The van der Waals surface area contributed by atoms with Crippen LogP contribution in [0.1, 0.15) is 37.9 Å². The van der Waals surface area contributed by atoms with Crippen molar-refractivity contribution >= 4 is 6.08 Å². The second kappa shape index (κ2) is 8.27. The van der Waals surface area contributed by atoms with E-state index in [1.54, 1.807) is 24.3 Å². The summed E-state index contributed by atoms with van der Waals surface area (Å²) >= 11 is 0. The van der Waals surface area contributed by atoms with Crippen LogP contribution in [-0.4, -0.2) is 21.0 Å². The maximum Gasteiger partial charge on any atom is 0.123 e. The molecule has 0 bridgehead atoms. The number of allylic oxidation sites excluding steroid dienone is 6. The van der Waals surface area contributed by atoms with Gasteiger partial charge >= 0.3 is 0 Å². The molecule has 160 valence electrons. The van der Waals surface area contributed by atoms with Gasteiger partial charge in [0.15, 0.2) is 0 Å². The molecule has 2 aliphatic rings. The Labute approximate surface area is 183 Å². The normalized spacial score (nSPS) is 23.9. The monoisotopic (exact) mass is 416 g/mol. The molecule has 0 spiro atoms. The number of nitrogens with zero attached hydrogens (tertiary/aromatic N) is 2. The maximum atomic E-state index is 13.4. The zero-order chi connectivity index (χ0) is 22.2. The molecule has 0 saturated carbocycles. The lowest BCUT2D eigenvalue weighted by atomic mass is 9.58. The Morgan fingerprint density at radius 1 is 1.35 bits per heavy atom. The van der Waals surface area contributed by atoms with Crippen molar-refractivity contribution in [1.82, 2.24) is 9.78 Å². The number of aliphatic hydroxyl groups is 1. The molecule has 3 atom stereocenters. The number of halogens is 1. The van der Waals surface area contributed by atoms with Crippen LogP contribution in [0.4, 0.5) is 4.39 Å². The number of rotatable bonds is 6. The van der Waals surface area contributed by atoms with Crippen molar-refractivity contribution in [2.24, 2.45) is 11.3 Å². The van der Waals surface area contributed by atoms with E-state index in [2.05, 4.69) is 44.3 Å². The summed E-state index contributed by atoms with van der Waals surface area (Å²) in [5, 5.41) is 15.8. The van der Waals surface area contributed by atoms with Crippen LogP contribution in [-0.2, 0) is 6.42 Å². The van der Waals surface area contributed by atoms with Crippen LogP contribution < -0.4 is 0 Å². The predicted octanol–water partition coefficient (Wildman–Crippen LogP) is 5.97. The number of benzene rings is 1. The fraction of sp³-hybridized carbons (Fsp3) is 0.296. The number of hydrogen-bond acceptors (Lipinski definition) is 2. The van der Waals surface area contributed by atoms with Gasteiger partial charge in [0.2, 0.25) is 0 Å². The summed E-state index contributed by atoms with van der Waals surface area (Å²) in [5.74, 6) is -0.180. The Hall–Kier alpha value is -2.98. The minimum absolute atomic E-state index is 0.0814. The molecule has 3 nitrogen and oxygen atoms in total. The molecule has 2 aliphatic carbocycles. The molecule has 0 amide bonds. The lowest BCUT2D eigenvalue weighted by Gasteiger charge is -2.47. The fourth-order valence-corrected chi connectivity index (χ4v) is 5.17. The van der Waals surface area contributed by atoms with Gasteiger partial charge in [0.25, 0.3) is 0 Å². The number of hydrogen-bond donors (Lipinski definition) is 1. The average Bonchev–Trinajstić information content (AvgIpc) is 3.14. The zero-order valence-corrected chi connectivity index (χ0v) is 18.2. The van der Waals surface area contributed by atoms with Crippen molar-refractivity contribution in [3.05, 3.63) is 102 Å². The van der Waals surface area contributed by atoms with E-state index in [0.29, 0.717) is 6.42 Å². The summed E-state index contributed by atoms with van der Waals surface area (Å²) in [4.78, 5) is 0. The van der Waals surface area contributed by atoms with E-state index in [1.807, 2.05) is 17.0 Å². The van der Waals surface area contributed by atoms with Crippen molar-refractivity contribution < 1.29 is 9.50 Å². The first-order valence-corrected chi connectivity index (χ1v) is 10.7. The molecule has 0 aliphatic heterocycles. The van der Waals surface area contributed by atoms with Crippen molar-refractivity contribution in [3.63, 3.8) is 0 Å². The first-order chi connectivity index (χ1) is 14.9. The molecule has 1 aromatic heterocycles. The van der Waals surface area contributed by atoms with Gasteiger partial charge in [-0.1, -0.05) is 50.0 Å². The van der Waals surface area contributed by atoms with Crippen LogP contribution in [0.15, 0.2) is 84.6 Å². The summed E-state index contributed by atoms with van der Waals surface area (Å²) in [6, 6.07) is 6.40. The molecule has 1 heterocycles. The van der Waals surface area contributed by atoms with Crippen molar-refractivity contribution in [1.29, 1.82) is 0 Å². The molecule has 4 heteroatoms. The van der Waals surface area contributed by atoms with Gasteiger partial charge in [0.1, 0.15) is 5.82 Å². The Kier molecular flexibility index (Phi) is 5.67. The third-order valence-electron chi connectivity index (χ3n) is 6.84. The Bertz CT molecular complexity index is 1100. The molecule has 1 aromatic carbocycles. The van der Waals surface area contributed by atoms with Gasteiger partial charge in [-0.3, -0.25) is 0 Å². The third-order valence-corrected chi connectivity index (χ3v) is 6.84. The first-order valence-electron chi connectivity index (χ1n) is 10.7. The third kappa shape index (κ3) is 3.77. The van der Waals surface area contributed by atoms with Crippen LogP contribution in [0.3, 0.4) is 0 Å². The summed E-state index contributed by atoms with van der Waals surface area (Å²) in [6.07, 6.45) is 13.5. The molecule has 0 fully saturated rings. The highest BCUT2D eigenvalue weighted by molar-refractivity contribution is 5.66. The average molecular weight is 417 g/mol. The summed E-state index contributed by atoms with van der Waals surface area (Å²) in [6.45, 7) is 12.0. The van der Waals surface area contributed by atoms with E-state index in [0.717, 1.165) is 35.4 Å². The molecule has 4 rings (SSSR count). The van der Waals surface area contributed by atoms with Crippen LogP contribution in [0.5, 0.6) is 0 Å². The Morgan fingerprint density at radius 3 is 2.77 bits per heavy atom. The topological polar surface area (TPSA) is 38.1 Å². The predicted molar refractivity (Wildman–Crippen MR) is 124 cm³/mol. The van der Waals surface area contributed by atoms with E-state index < -0.39 is 6.10 Å². The summed E-state index contributed by atoms with van der Waals surface area (Å²) in [7, 11) is 0. The van der Waals surface area contributed by atoms with Crippen molar-refractivity contribution in [2.75, 3.05) is 0 Å².